The van der Waals surface area contributed by atoms with Crippen LogP contribution in [0, 0.1) is 37.5 Å². The molecular formula is C30H34N2O6-2. The highest BCUT2D eigenvalue weighted by Gasteiger charge is 2.33. The second-order valence-corrected chi connectivity index (χ2v) is 10.7. The van der Waals surface area contributed by atoms with E-state index in [0.29, 0.717) is 37.1 Å². The lowest BCUT2D eigenvalue weighted by atomic mass is 9.78. The number of carbonyl (C=O) groups excluding carboxylic acids is 4. The van der Waals surface area contributed by atoms with E-state index in [-0.39, 0.29) is 11.8 Å². The number of benzene rings is 2. The van der Waals surface area contributed by atoms with Gasteiger partial charge in [0, 0.05) is 47.0 Å². The summed E-state index contributed by atoms with van der Waals surface area (Å²) in [4.78, 5) is 48.7. The van der Waals surface area contributed by atoms with Gasteiger partial charge in [0.15, 0.2) is 0 Å². The molecule has 0 aromatic heterocycles. The van der Waals surface area contributed by atoms with Crippen LogP contribution in [0.25, 0.3) is 11.1 Å². The molecule has 2 fully saturated rings. The molecular weight excluding hydrogens is 484 g/mol. The summed E-state index contributed by atoms with van der Waals surface area (Å²) < 4.78 is 0. The maximum absolute atomic E-state index is 12.9. The Morgan fingerprint density at radius 1 is 0.605 bits per heavy atom. The molecule has 2 aromatic carbocycles. The summed E-state index contributed by atoms with van der Waals surface area (Å²) in [6.07, 6.45) is 5.24. The highest BCUT2D eigenvalue weighted by Crippen LogP contribution is 2.34. The van der Waals surface area contributed by atoms with Crippen LogP contribution in [0.2, 0.25) is 0 Å². The molecule has 2 amide bonds. The Labute approximate surface area is 222 Å². The molecule has 2 aromatic rings. The largest absolute Gasteiger partial charge is 0.550 e. The van der Waals surface area contributed by atoms with Gasteiger partial charge >= 0.3 is 0 Å². The number of aliphatic carboxylic acids is 2. The fourth-order valence-electron chi connectivity index (χ4n) is 5.87. The molecule has 0 unspecified atom stereocenters. The van der Waals surface area contributed by atoms with E-state index in [0.717, 1.165) is 47.9 Å². The van der Waals surface area contributed by atoms with Gasteiger partial charge in [-0.25, -0.2) is 0 Å². The highest BCUT2D eigenvalue weighted by molar-refractivity contribution is 5.97. The number of carboxylic acid groups (broad SMARTS) is 2. The number of anilines is 2. The van der Waals surface area contributed by atoms with Gasteiger partial charge in [0.25, 0.3) is 0 Å². The van der Waals surface area contributed by atoms with Crippen molar-refractivity contribution < 1.29 is 29.4 Å². The minimum absolute atomic E-state index is 0.287. The average Bonchev–Trinajstić information content (AvgIpc) is 2.90. The van der Waals surface area contributed by atoms with Crippen molar-refractivity contribution in [2.24, 2.45) is 23.7 Å². The fraction of sp³-hybridized carbons (Fsp3) is 0.467. The van der Waals surface area contributed by atoms with E-state index < -0.39 is 35.6 Å². The summed E-state index contributed by atoms with van der Waals surface area (Å²) in [6.45, 7) is 3.77. The molecule has 2 aliphatic carbocycles. The van der Waals surface area contributed by atoms with Crippen LogP contribution in [0.5, 0.6) is 0 Å². The summed E-state index contributed by atoms with van der Waals surface area (Å²) in [5.74, 6) is -5.59. The van der Waals surface area contributed by atoms with E-state index in [1.165, 1.54) is 0 Å². The molecule has 2 saturated carbocycles. The predicted molar refractivity (Wildman–Crippen MR) is 140 cm³/mol. The summed E-state index contributed by atoms with van der Waals surface area (Å²) >= 11 is 0. The maximum Gasteiger partial charge on any atom is 0.228 e. The number of carbonyl (C=O) groups is 4. The first kappa shape index (κ1) is 27.4. The van der Waals surface area contributed by atoms with Crippen LogP contribution in [0.15, 0.2) is 36.4 Å². The van der Waals surface area contributed by atoms with Crippen LogP contribution in [0.4, 0.5) is 11.4 Å². The van der Waals surface area contributed by atoms with Crippen molar-refractivity contribution >= 4 is 35.1 Å². The van der Waals surface area contributed by atoms with Gasteiger partial charge in [0.1, 0.15) is 0 Å². The zero-order valence-electron chi connectivity index (χ0n) is 21.9. The topological polar surface area (TPSA) is 138 Å². The molecule has 0 aliphatic heterocycles. The number of carboxylic acids is 2. The first-order valence-electron chi connectivity index (χ1n) is 13.4. The Balaban J connectivity index is 1.45. The number of hydrogen-bond donors (Lipinski definition) is 2. The van der Waals surface area contributed by atoms with Crippen molar-refractivity contribution in [2.45, 2.75) is 65.2 Å². The Morgan fingerprint density at radius 3 is 1.26 bits per heavy atom. The van der Waals surface area contributed by atoms with Gasteiger partial charge in [-0.05, 0) is 86.1 Å². The summed E-state index contributed by atoms with van der Waals surface area (Å²) in [6, 6.07) is 11.3. The molecule has 0 heterocycles. The van der Waals surface area contributed by atoms with Gasteiger partial charge in [-0.1, -0.05) is 37.8 Å². The monoisotopic (exact) mass is 518 g/mol. The van der Waals surface area contributed by atoms with Crippen LogP contribution in [-0.2, 0) is 19.2 Å². The Kier molecular flexibility index (Phi) is 8.49. The minimum Gasteiger partial charge on any atom is -0.550 e. The standard InChI is InChI=1S/C30H36N2O6/c1-17-15-19(11-13-25(17)31-27(33)21-7-3-5-9-23(21)29(35)36)20-12-14-26(18(2)16-20)32-28(34)22-8-4-6-10-24(22)30(37)38/h11-16,21-24H,3-10H2,1-2H3,(H,31,33)(H,32,34)(H,35,36)(H,37,38)/p-2/t21-,22-,23+,24+/m1/s1. The number of amides is 2. The van der Waals surface area contributed by atoms with Crippen molar-refractivity contribution in [3.8, 4) is 11.1 Å². The molecule has 0 bridgehead atoms. The van der Waals surface area contributed by atoms with Crippen LogP contribution in [-0.4, -0.2) is 23.8 Å². The lowest BCUT2D eigenvalue weighted by molar-refractivity contribution is -0.315. The first-order chi connectivity index (χ1) is 18.2. The van der Waals surface area contributed by atoms with E-state index in [4.69, 9.17) is 0 Å². The van der Waals surface area contributed by atoms with Crippen LogP contribution >= 0.6 is 0 Å². The predicted octanol–water partition coefficient (Wildman–Crippen LogP) is 2.96. The third kappa shape index (κ3) is 6.06. The second-order valence-electron chi connectivity index (χ2n) is 10.7. The molecule has 2 N–H and O–H groups in total. The minimum atomic E-state index is -1.16. The SMILES string of the molecule is Cc1cc(-c2ccc(NC(=O)[C@@H]3CCCC[C@@H]3C(=O)[O-])c(C)c2)ccc1NC(=O)[C@@H]1CCCC[C@@H]1C(=O)[O-]. The van der Waals surface area contributed by atoms with Crippen molar-refractivity contribution in [3.05, 3.63) is 47.5 Å². The number of rotatable bonds is 7. The zero-order valence-corrected chi connectivity index (χ0v) is 21.9. The van der Waals surface area contributed by atoms with Crippen molar-refractivity contribution in [3.63, 3.8) is 0 Å². The van der Waals surface area contributed by atoms with E-state index in [2.05, 4.69) is 10.6 Å². The van der Waals surface area contributed by atoms with Gasteiger partial charge in [-0.2, -0.15) is 0 Å². The van der Waals surface area contributed by atoms with E-state index >= 15 is 0 Å². The van der Waals surface area contributed by atoms with Crippen LogP contribution < -0.4 is 20.8 Å². The zero-order chi connectivity index (χ0) is 27.4. The summed E-state index contributed by atoms with van der Waals surface area (Å²) in [5, 5.41) is 28.8. The third-order valence-electron chi connectivity index (χ3n) is 8.11. The number of aryl methyl sites for hydroxylation is 2. The molecule has 2 aliphatic rings. The summed E-state index contributed by atoms with van der Waals surface area (Å²) in [5.41, 5.74) is 4.82. The molecule has 0 saturated heterocycles. The van der Waals surface area contributed by atoms with E-state index in [1.54, 1.807) is 0 Å². The van der Waals surface area contributed by atoms with Gasteiger partial charge in [-0.3, -0.25) is 9.59 Å². The summed E-state index contributed by atoms with van der Waals surface area (Å²) in [7, 11) is 0. The maximum atomic E-state index is 12.9. The molecule has 0 radical (unpaired) electrons. The van der Waals surface area contributed by atoms with Gasteiger partial charge in [0.2, 0.25) is 11.8 Å². The Morgan fingerprint density at radius 2 is 0.947 bits per heavy atom. The third-order valence-corrected chi connectivity index (χ3v) is 8.11. The quantitative estimate of drug-likeness (QED) is 0.578. The Hall–Kier alpha value is -3.68. The van der Waals surface area contributed by atoms with Crippen molar-refractivity contribution in [1.29, 1.82) is 0 Å². The molecule has 8 nitrogen and oxygen atoms in total. The second kappa shape index (κ2) is 11.8. The van der Waals surface area contributed by atoms with Crippen molar-refractivity contribution in [2.75, 3.05) is 10.6 Å². The lowest BCUT2D eigenvalue weighted by Crippen LogP contribution is -2.42. The van der Waals surface area contributed by atoms with Crippen molar-refractivity contribution in [1.82, 2.24) is 0 Å². The molecule has 4 rings (SSSR count). The van der Waals surface area contributed by atoms with Gasteiger partial charge in [0.05, 0.1) is 0 Å². The molecule has 0 spiro atoms. The fourth-order valence-corrected chi connectivity index (χ4v) is 5.87. The molecule has 202 valence electrons. The smallest absolute Gasteiger partial charge is 0.228 e. The van der Waals surface area contributed by atoms with Crippen LogP contribution in [0.3, 0.4) is 0 Å². The molecule has 38 heavy (non-hydrogen) atoms. The molecule has 4 atom stereocenters. The first-order valence-corrected chi connectivity index (χ1v) is 13.4. The molecule has 8 heteroatoms. The van der Waals surface area contributed by atoms with Crippen LogP contribution in [0.1, 0.15) is 62.5 Å². The Bertz CT molecular complexity index is 1140. The number of nitrogens with one attached hydrogen (secondary N) is 2. The highest BCUT2D eigenvalue weighted by atomic mass is 16.4. The van der Waals surface area contributed by atoms with E-state index in [9.17, 15) is 29.4 Å². The normalized spacial score (nSPS) is 23.3. The van der Waals surface area contributed by atoms with E-state index in [1.807, 2.05) is 50.2 Å². The number of hydrogen-bond acceptors (Lipinski definition) is 6. The lowest BCUT2D eigenvalue weighted by Gasteiger charge is -2.31. The van der Waals surface area contributed by atoms with Gasteiger partial charge in [-0.15, -0.1) is 0 Å². The van der Waals surface area contributed by atoms with Gasteiger partial charge < -0.3 is 30.4 Å². The average molecular weight is 519 g/mol.